The van der Waals surface area contributed by atoms with Crippen molar-refractivity contribution in [3.05, 3.63) is 0 Å². The summed E-state index contributed by atoms with van der Waals surface area (Å²) in [5.41, 5.74) is -1.15. The van der Waals surface area contributed by atoms with Crippen molar-refractivity contribution < 1.29 is 14.4 Å². The zero-order valence-electron chi connectivity index (χ0n) is 12.0. The summed E-state index contributed by atoms with van der Waals surface area (Å²) in [6.45, 7) is 7.43. The molecular weight excluding hydrogens is 244 g/mol. The van der Waals surface area contributed by atoms with Crippen LogP contribution < -0.4 is 5.32 Å². The summed E-state index contributed by atoms with van der Waals surface area (Å²) in [6.07, 6.45) is 2.78. The molecule has 0 aromatic heterocycles. The third-order valence-corrected chi connectivity index (χ3v) is 4.28. The number of urea groups is 1. The number of hydrogen-bond donors (Lipinski definition) is 1. The third-order valence-electron chi connectivity index (χ3n) is 4.28. The Balaban J connectivity index is 2.25. The van der Waals surface area contributed by atoms with Crippen molar-refractivity contribution >= 4 is 17.8 Å². The molecule has 2 aliphatic rings. The van der Waals surface area contributed by atoms with Crippen LogP contribution in [-0.4, -0.2) is 28.8 Å². The zero-order chi connectivity index (χ0) is 14.4. The Morgan fingerprint density at radius 1 is 1.05 bits per heavy atom. The van der Waals surface area contributed by atoms with E-state index < -0.39 is 17.4 Å². The van der Waals surface area contributed by atoms with Crippen LogP contribution in [0.3, 0.4) is 0 Å². The molecule has 0 bridgehead atoms. The minimum Gasteiger partial charge on any atom is -0.277 e. The van der Waals surface area contributed by atoms with Crippen LogP contribution >= 0.6 is 0 Å². The van der Waals surface area contributed by atoms with E-state index in [-0.39, 0.29) is 11.9 Å². The Bertz CT molecular complexity index is 420. The van der Waals surface area contributed by atoms with Crippen LogP contribution in [0.2, 0.25) is 0 Å². The van der Waals surface area contributed by atoms with E-state index in [0.717, 1.165) is 19.3 Å². The van der Waals surface area contributed by atoms with Crippen molar-refractivity contribution in [2.45, 2.75) is 53.0 Å². The van der Waals surface area contributed by atoms with Gasteiger partial charge in [0.1, 0.15) is 5.41 Å². The lowest BCUT2D eigenvalue weighted by molar-refractivity contribution is -0.151. The van der Waals surface area contributed by atoms with Gasteiger partial charge in [0.2, 0.25) is 11.8 Å². The summed E-state index contributed by atoms with van der Waals surface area (Å²) >= 11 is 0. The summed E-state index contributed by atoms with van der Waals surface area (Å²) in [5.74, 6) is 0.119. The van der Waals surface area contributed by atoms with Crippen LogP contribution in [0.15, 0.2) is 0 Å². The van der Waals surface area contributed by atoms with Crippen LogP contribution in [0.1, 0.15) is 47.0 Å². The predicted octanol–water partition coefficient (Wildman–Crippen LogP) is 1.92. The summed E-state index contributed by atoms with van der Waals surface area (Å²) in [4.78, 5) is 37.4. The topological polar surface area (TPSA) is 66.5 Å². The first-order chi connectivity index (χ1) is 8.73. The Morgan fingerprint density at radius 2 is 1.58 bits per heavy atom. The molecule has 4 amide bonds. The lowest BCUT2D eigenvalue weighted by Crippen LogP contribution is -2.65. The van der Waals surface area contributed by atoms with E-state index in [4.69, 9.17) is 0 Å². The molecule has 1 aliphatic heterocycles. The lowest BCUT2D eigenvalue weighted by Gasteiger charge is -2.43. The quantitative estimate of drug-likeness (QED) is 0.737. The number of nitrogens with zero attached hydrogens (tertiary/aromatic N) is 1. The molecule has 0 spiro atoms. The molecule has 0 aromatic carbocycles. The number of barbiturate groups is 1. The van der Waals surface area contributed by atoms with Crippen LogP contribution in [0.25, 0.3) is 0 Å². The first-order valence-corrected chi connectivity index (χ1v) is 6.92. The zero-order valence-corrected chi connectivity index (χ0v) is 12.0. The van der Waals surface area contributed by atoms with Crippen LogP contribution in [0.5, 0.6) is 0 Å². The van der Waals surface area contributed by atoms with E-state index >= 15 is 0 Å². The first-order valence-electron chi connectivity index (χ1n) is 6.92. The van der Waals surface area contributed by atoms with Gasteiger partial charge < -0.3 is 0 Å². The molecule has 1 N–H and O–H groups in total. The minimum absolute atomic E-state index is 0.0846. The SMILES string of the molecule is CC1CC(C)CC(N2C(=O)NC(=O)C(C)(C)C2=O)C1. The highest BCUT2D eigenvalue weighted by atomic mass is 16.2. The molecule has 1 aliphatic carbocycles. The maximum absolute atomic E-state index is 12.4. The summed E-state index contributed by atoms with van der Waals surface area (Å²) in [6, 6.07) is -0.640. The van der Waals surface area contributed by atoms with E-state index in [9.17, 15) is 14.4 Å². The van der Waals surface area contributed by atoms with E-state index in [2.05, 4.69) is 19.2 Å². The second kappa shape index (κ2) is 4.62. The second-order valence-electron chi connectivity index (χ2n) is 6.63. The van der Waals surface area contributed by atoms with Gasteiger partial charge in [0.15, 0.2) is 0 Å². The van der Waals surface area contributed by atoms with Crippen molar-refractivity contribution in [3.63, 3.8) is 0 Å². The van der Waals surface area contributed by atoms with Gasteiger partial charge in [0.05, 0.1) is 0 Å². The molecule has 0 aromatic rings. The van der Waals surface area contributed by atoms with Crippen molar-refractivity contribution in [3.8, 4) is 0 Å². The van der Waals surface area contributed by atoms with Gasteiger partial charge >= 0.3 is 6.03 Å². The summed E-state index contributed by atoms with van der Waals surface area (Å²) in [5, 5.41) is 2.30. The number of imide groups is 2. The smallest absolute Gasteiger partial charge is 0.277 e. The number of carbonyl (C=O) groups excluding carboxylic acids is 3. The minimum atomic E-state index is -1.15. The van der Waals surface area contributed by atoms with Crippen LogP contribution in [0, 0.1) is 17.3 Å². The molecule has 1 saturated heterocycles. The second-order valence-corrected chi connectivity index (χ2v) is 6.63. The van der Waals surface area contributed by atoms with Gasteiger partial charge in [0, 0.05) is 6.04 Å². The monoisotopic (exact) mass is 266 g/mol. The van der Waals surface area contributed by atoms with E-state index in [0.29, 0.717) is 11.8 Å². The third kappa shape index (κ3) is 2.38. The van der Waals surface area contributed by atoms with E-state index in [1.54, 1.807) is 13.8 Å². The molecule has 2 fully saturated rings. The fraction of sp³-hybridized carbons (Fsp3) is 0.786. The highest BCUT2D eigenvalue weighted by Crippen LogP contribution is 2.35. The van der Waals surface area contributed by atoms with Crippen molar-refractivity contribution in [2.24, 2.45) is 17.3 Å². The molecule has 106 valence electrons. The normalized spacial score (nSPS) is 35.3. The molecule has 19 heavy (non-hydrogen) atoms. The fourth-order valence-corrected chi connectivity index (χ4v) is 3.25. The highest BCUT2D eigenvalue weighted by Gasteiger charge is 2.49. The fourth-order valence-electron chi connectivity index (χ4n) is 3.25. The Morgan fingerprint density at radius 3 is 2.11 bits per heavy atom. The number of rotatable bonds is 1. The van der Waals surface area contributed by atoms with Crippen molar-refractivity contribution in [1.82, 2.24) is 10.2 Å². The Hall–Kier alpha value is -1.39. The maximum atomic E-state index is 12.4. The molecule has 5 nitrogen and oxygen atoms in total. The average molecular weight is 266 g/mol. The molecule has 2 unspecified atom stereocenters. The molecule has 1 heterocycles. The number of hydrogen-bond acceptors (Lipinski definition) is 3. The van der Waals surface area contributed by atoms with Gasteiger partial charge in [-0.3, -0.25) is 19.8 Å². The van der Waals surface area contributed by atoms with Crippen LogP contribution in [-0.2, 0) is 9.59 Å². The first kappa shape index (κ1) is 14.0. The predicted molar refractivity (Wildman–Crippen MR) is 70.1 cm³/mol. The molecule has 2 rings (SSSR count). The Kier molecular flexibility index (Phi) is 3.41. The Labute approximate surface area is 113 Å². The number of carbonyl (C=O) groups is 3. The summed E-state index contributed by atoms with van der Waals surface area (Å²) in [7, 11) is 0. The largest absolute Gasteiger partial charge is 0.331 e. The van der Waals surface area contributed by atoms with E-state index in [1.807, 2.05) is 0 Å². The summed E-state index contributed by atoms with van der Waals surface area (Å²) < 4.78 is 0. The highest BCUT2D eigenvalue weighted by molar-refractivity contribution is 6.18. The molecular formula is C14H22N2O3. The van der Waals surface area contributed by atoms with Gasteiger partial charge in [-0.2, -0.15) is 0 Å². The van der Waals surface area contributed by atoms with Gasteiger partial charge in [-0.1, -0.05) is 13.8 Å². The van der Waals surface area contributed by atoms with Gasteiger partial charge in [0.25, 0.3) is 0 Å². The number of amides is 4. The lowest BCUT2D eigenvalue weighted by atomic mass is 9.78. The van der Waals surface area contributed by atoms with Gasteiger partial charge in [-0.15, -0.1) is 0 Å². The standard InChI is InChI=1S/C14H22N2O3/c1-8-5-9(2)7-10(6-8)16-12(18)14(3,4)11(17)15-13(16)19/h8-10H,5-7H2,1-4H3,(H,15,17,19). The van der Waals surface area contributed by atoms with Crippen molar-refractivity contribution in [1.29, 1.82) is 0 Å². The maximum Gasteiger partial charge on any atom is 0.331 e. The van der Waals surface area contributed by atoms with Gasteiger partial charge in [-0.25, -0.2) is 4.79 Å². The van der Waals surface area contributed by atoms with E-state index in [1.165, 1.54) is 4.90 Å². The molecule has 5 heteroatoms. The van der Waals surface area contributed by atoms with Crippen LogP contribution in [0.4, 0.5) is 4.79 Å². The number of nitrogens with one attached hydrogen (secondary N) is 1. The average Bonchev–Trinajstić information content (AvgIpc) is 2.25. The molecule has 0 radical (unpaired) electrons. The molecule has 2 atom stereocenters. The van der Waals surface area contributed by atoms with Gasteiger partial charge in [-0.05, 0) is 44.9 Å². The van der Waals surface area contributed by atoms with Crippen molar-refractivity contribution in [2.75, 3.05) is 0 Å². The molecule has 1 saturated carbocycles.